The maximum atomic E-state index is 12.8. The van der Waals surface area contributed by atoms with Crippen LogP contribution >= 0.6 is 0 Å². The lowest BCUT2D eigenvalue weighted by Crippen LogP contribution is -2.44. The van der Waals surface area contributed by atoms with E-state index in [9.17, 15) is 19.5 Å². The zero-order valence-corrected chi connectivity index (χ0v) is 42.1. The second-order valence-corrected chi connectivity index (χ2v) is 18.1. The number of hydrogen-bond acceptors (Lipinski definition) is 8. The van der Waals surface area contributed by atoms with Crippen LogP contribution in [0, 0.1) is 0 Å². The van der Waals surface area contributed by atoms with Gasteiger partial charge in [0.15, 0.2) is 12.4 Å². The Labute approximate surface area is 398 Å². The maximum Gasteiger partial charge on any atom is 0.306 e. The van der Waals surface area contributed by atoms with Gasteiger partial charge in [-0.2, -0.15) is 0 Å². The monoisotopic (exact) mass is 910 g/mol. The lowest BCUT2D eigenvalue weighted by Gasteiger charge is -2.26. The summed E-state index contributed by atoms with van der Waals surface area (Å²) in [6, 6.07) is 0. The molecule has 0 aliphatic carbocycles. The molecule has 9 heteroatoms. The molecule has 0 aromatic carbocycles. The first kappa shape index (κ1) is 61.5. The molecule has 65 heavy (non-hydrogen) atoms. The molecule has 0 saturated carbocycles. The van der Waals surface area contributed by atoms with E-state index in [1.807, 2.05) is 21.1 Å². The fourth-order valence-corrected chi connectivity index (χ4v) is 6.65. The van der Waals surface area contributed by atoms with Crippen molar-refractivity contribution in [1.29, 1.82) is 0 Å². The number of carboxylic acid groups (broad SMARTS) is 1. The molecule has 0 aromatic rings. The van der Waals surface area contributed by atoms with Crippen LogP contribution in [0.2, 0.25) is 0 Å². The van der Waals surface area contributed by atoms with Gasteiger partial charge in [-0.3, -0.25) is 9.59 Å². The van der Waals surface area contributed by atoms with Crippen molar-refractivity contribution < 1.29 is 42.9 Å². The minimum absolute atomic E-state index is 0.139. The van der Waals surface area contributed by atoms with Crippen LogP contribution in [0.1, 0.15) is 194 Å². The smallest absolute Gasteiger partial charge is 0.306 e. The second kappa shape index (κ2) is 47.0. The van der Waals surface area contributed by atoms with Crippen molar-refractivity contribution in [1.82, 2.24) is 0 Å². The summed E-state index contributed by atoms with van der Waals surface area (Å²) in [4.78, 5) is 37.1. The number of carbonyl (C=O) groups is 3. The van der Waals surface area contributed by atoms with E-state index in [0.29, 0.717) is 17.4 Å². The maximum absolute atomic E-state index is 12.8. The zero-order valence-electron chi connectivity index (χ0n) is 42.1. The Morgan fingerprint density at radius 3 is 1.32 bits per heavy atom. The summed E-state index contributed by atoms with van der Waals surface area (Å²) in [6.07, 6.45) is 57.6. The lowest BCUT2D eigenvalue weighted by molar-refractivity contribution is -0.870. The van der Waals surface area contributed by atoms with Gasteiger partial charge in [-0.05, 0) is 89.9 Å². The molecule has 2 atom stereocenters. The van der Waals surface area contributed by atoms with E-state index < -0.39 is 24.3 Å². The first-order valence-electron chi connectivity index (χ1n) is 25.7. The van der Waals surface area contributed by atoms with E-state index in [-0.39, 0.29) is 38.6 Å². The van der Waals surface area contributed by atoms with Crippen LogP contribution in [0.15, 0.2) is 85.1 Å². The highest BCUT2D eigenvalue weighted by atomic mass is 16.7. The average molecular weight is 910 g/mol. The Balaban J connectivity index is 4.39. The molecule has 9 nitrogen and oxygen atoms in total. The SMILES string of the molecule is CC/C=C\C/C=C\C/C=C\C/C=C\C/C=C\C/C=C\CCCCCCCCC(=O)OC(COC(=O)CCCCCCC/C=C\CCCCCCCC)COC(OCC[N+](C)(C)C)C(=O)[O-]. The van der Waals surface area contributed by atoms with Gasteiger partial charge in [-0.15, -0.1) is 0 Å². The molecule has 2 unspecified atom stereocenters. The molecule has 0 spiro atoms. The molecule has 372 valence electrons. The summed E-state index contributed by atoms with van der Waals surface area (Å²) in [6.45, 7) is 4.58. The van der Waals surface area contributed by atoms with E-state index >= 15 is 0 Å². The second-order valence-electron chi connectivity index (χ2n) is 18.1. The number of aliphatic carboxylic acids is 1. The van der Waals surface area contributed by atoms with Crippen LogP contribution in [0.3, 0.4) is 0 Å². The summed E-state index contributed by atoms with van der Waals surface area (Å²) < 4.78 is 22.6. The number of rotatable bonds is 46. The zero-order chi connectivity index (χ0) is 47.7. The highest BCUT2D eigenvalue weighted by Crippen LogP contribution is 2.13. The van der Waals surface area contributed by atoms with Gasteiger partial charge in [0.05, 0.1) is 40.3 Å². The molecule has 0 fully saturated rings. The summed E-state index contributed by atoms with van der Waals surface area (Å²) in [7, 11) is 5.90. The minimum atomic E-state index is -1.63. The molecule has 0 aliphatic heterocycles. The van der Waals surface area contributed by atoms with Crippen LogP contribution in [-0.4, -0.2) is 82.3 Å². The predicted molar refractivity (Wildman–Crippen MR) is 269 cm³/mol. The molecule has 0 saturated heterocycles. The van der Waals surface area contributed by atoms with Gasteiger partial charge in [0, 0.05) is 12.8 Å². The summed E-state index contributed by atoms with van der Waals surface area (Å²) in [5, 5.41) is 11.7. The van der Waals surface area contributed by atoms with E-state index in [1.165, 1.54) is 44.9 Å². The number of quaternary nitrogens is 1. The molecule has 0 aromatic heterocycles. The number of carboxylic acids is 1. The molecule has 0 aliphatic rings. The molecule has 0 radical (unpaired) electrons. The van der Waals surface area contributed by atoms with E-state index in [0.717, 1.165) is 116 Å². The Morgan fingerprint density at radius 2 is 0.877 bits per heavy atom. The number of nitrogens with zero attached hydrogens (tertiary/aromatic N) is 1. The molecule has 0 heterocycles. The summed E-state index contributed by atoms with van der Waals surface area (Å²) in [5.41, 5.74) is 0. The fourth-order valence-electron chi connectivity index (χ4n) is 6.65. The Kier molecular flexibility index (Phi) is 44.4. The van der Waals surface area contributed by atoms with E-state index in [4.69, 9.17) is 18.9 Å². The minimum Gasteiger partial charge on any atom is -0.545 e. The van der Waals surface area contributed by atoms with Crippen molar-refractivity contribution in [2.45, 2.75) is 206 Å². The Bertz CT molecular complexity index is 1340. The molecular formula is C56H95NO8. The van der Waals surface area contributed by atoms with Gasteiger partial charge in [-0.25, -0.2) is 0 Å². The third-order valence-electron chi connectivity index (χ3n) is 10.6. The van der Waals surface area contributed by atoms with Crippen molar-refractivity contribution in [3.8, 4) is 0 Å². The van der Waals surface area contributed by atoms with Crippen LogP contribution < -0.4 is 5.11 Å². The first-order chi connectivity index (χ1) is 31.6. The van der Waals surface area contributed by atoms with Gasteiger partial charge >= 0.3 is 11.9 Å². The van der Waals surface area contributed by atoms with Crippen LogP contribution in [0.4, 0.5) is 0 Å². The number of allylic oxidation sites excluding steroid dienone is 14. The van der Waals surface area contributed by atoms with Gasteiger partial charge in [-0.1, -0.05) is 176 Å². The van der Waals surface area contributed by atoms with E-state index in [1.54, 1.807) is 0 Å². The van der Waals surface area contributed by atoms with Gasteiger partial charge in [0.1, 0.15) is 13.2 Å². The quantitative estimate of drug-likeness (QED) is 0.0195. The van der Waals surface area contributed by atoms with Crippen LogP contribution in [0.25, 0.3) is 0 Å². The van der Waals surface area contributed by atoms with Crippen LogP contribution in [0.5, 0.6) is 0 Å². The van der Waals surface area contributed by atoms with Crippen molar-refractivity contribution in [3.05, 3.63) is 85.1 Å². The number of likely N-dealkylation sites (N-methyl/N-ethyl adjacent to an activating group) is 1. The lowest BCUT2D eigenvalue weighted by atomic mass is 10.1. The average Bonchev–Trinajstić information content (AvgIpc) is 3.27. The number of ether oxygens (including phenoxy) is 4. The number of hydrogen-bond donors (Lipinski definition) is 0. The molecule has 0 bridgehead atoms. The topological polar surface area (TPSA) is 111 Å². The van der Waals surface area contributed by atoms with Gasteiger partial charge in [0.2, 0.25) is 0 Å². The third-order valence-corrected chi connectivity index (χ3v) is 10.6. The fraction of sp³-hybridized carbons (Fsp3) is 0.696. The number of carbonyl (C=O) groups excluding carboxylic acids is 3. The largest absolute Gasteiger partial charge is 0.545 e. The standard InChI is InChI=1S/C56H95NO8/c1-6-8-10-12-14-16-18-20-22-23-24-25-26-27-28-29-30-31-33-35-37-39-41-43-45-47-54(59)65-52(51-64-56(55(60)61)62-49-48-57(3,4)5)50-63-53(58)46-44-42-40-38-36-34-32-21-19-17-15-13-11-9-7-2/h8,10,14,16,20-22,24-25,27-28,30-32,52,56H,6-7,9,11-13,15,17-19,23,26,29,33-51H2,1-5H3/b10-8-,16-14-,22-20-,25-24-,28-27-,31-30-,32-21-. The molecule has 0 rings (SSSR count). The van der Waals surface area contributed by atoms with Crippen molar-refractivity contribution >= 4 is 17.9 Å². The highest BCUT2D eigenvalue weighted by Gasteiger charge is 2.21. The van der Waals surface area contributed by atoms with Gasteiger partial charge in [0.25, 0.3) is 0 Å². The van der Waals surface area contributed by atoms with Crippen molar-refractivity contribution in [3.63, 3.8) is 0 Å². The van der Waals surface area contributed by atoms with E-state index in [2.05, 4.69) is 98.9 Å². The first-order valence-corrected chi connectivity index (χ1v) is 25.7. The summed E-state index contributed by atoms with van der Waals surface area (Å²) >= 11 is 0. The Hall–Kier alpha value is -3.53. The highest BCUT2D eigenvalue weighted by molar-refractivity contribution is 5.70. The third kappa shape index (κ3) is 48.2. The number of unbranched alkanes of at least 4 members (excludes halogenated alkanes) is 17. The summed E-state index contributed by atoms with van der Waals surface area (Å²) in [5.74, 6) is -2.32. The molecule has 0 amide bonds. The Morgan fingerprint density at radius 1 is 0.477 bits per heavy atom. The van der Waals surface area contributed by atoms with Crippen molar-refractivity contribution in [2.24, 2.45) is 0 Å². The normalized spacial score (nSPS) is 13.6. The molecule has 0 N–H and O–H groups in total. The van der Waals surface area contributed by atoms with Crippen molar-refractivity contribution in [2.75, 3.05) is 47.5 Å². The van der Waals surface area contributed by atoms with Crippen LogP contribution in [-0.2, 0) is 33.3 Å². The molecular weight excluding hydrogens is 815 g/mol. The predicted octanol–water partition coefficient (Wildman–Crippen LogP) is 13.1. The number of esters is 2. The van der Waals surface area contributed by atoms with Gasteiger partial charge < -0.3 is 33.3 Å².